The van der Waals surface area contributed by atoms with Gasteiger partial charge in [-0.3, -0.25) is 0 Å². The van der Waals surface area contributed by atoms with Gasteiger partial charge < -0.3 is 25.1 Å². The van der Waals surface area contributed by atoms with Gasteiger partial charge in [0, 0.05) is 30.4 Å². The van der Waals surface area contributed by atoms with Crippen molar-refractivity contribution in [2.45, 2.75) is 189 Å². The molecule has 0 spiro atoms. The standard InChI is InChI=1S/C35H70N4O3/c1-27(2)38-36-25-21-17-13-10-11-16-20-24-33-34(40-29(5)6)32(31(9)35(42-33)41-30(7)8)23-19-15-12-14-18-22-26-37-39-28(3)4/h29-37H,10-26H2,1-9H3/t31?,32?,33?,34-,35-/m0/s1. The average Bonchev–Trinajstić information content (AvgIpc) is 2.91. The van der Waals surface area contributed by atoms with Gasteiger partial charge in [0.1, 0.15) is 0 Å². The van der Waals surface area contributed by atoms with Crippen LogP contribution in [0.1, 0.15) is 159 Å². The van der Waals surface area contributed by atoms with E-state index < -0.39 is 0 Å². The smallest absolute Gasteiger partial charge is 0.161 e. The molecule has 1 heterocycles. The molecule has 7 heteroatoms. The molecule has 248 valence electrons. The minimum atomic E-state index is -0.136. The van der Waals surface area contributed by atoms with E-state index in [1.807, 2.05) is 27.7 Å². The van der Waals surface area contributed by atoms with Crippen LogP contribution < -0.4 is 10.9 Å². The molecule has 0 saturated carbocycles. The third-order valence-electron chi connectivity index (χ3n) is 8.00. The lowest BCUT2D eigenvalue weighted by molar-refractivity contribution is -0.287. The van der Waals surface area contributed by atoms with Crippen molar-refractivity contribution in [2.75, 3.05) is 13.1 Å². The van der Waals surface area contributed by atoms with E-state index in [9.17, 15) is 0 Å². The number of hydrazone groups is 2. The van der Waals surface area contributed by atoms with Crippen molar-refractivity contribution in [3.63, 3.8) is 0 Å². The molecule has 1 rings (SSSR count). The molecule has 42 heavy (non-hydrogen) atoms. The molecule has 0 bridgehead atoms. The fraction of sp³-hybridized carbons (Fsp3) is 0.943. The predicted octanol–water partition coefficient (Wildman–Crippen LogP) is 9.00. The quantitative estimate of drug-likeness (QED) is 0.0626. The number of hydrogen-bond acceptors (Lipinski definition) is 7. The van der Waals surface area contributed by atoms with Gasteiger partial charge in [-0.2, -0.15) is 10.2 Å². The lowest BCUT2D eigenvalue weighted by Crippen LogP contribution is -2.53. The molecule has 0 amide bonds. The van der Waals surface area contributed by atoms with Crippen LogP contribution in [0.3, 0.4) is 0 Å². The molecule has 1 saturated heterocycles. The average molecular weight is 595 g/mol. The first-order chi connectivity index (χ1) is 20.1. The van der Waals surface area contributed by atoms with Gasteiger partial charge in [0.15, 0.2) is 6.29 Å². The second-order valence-corrected chi connectivity index (χ2v) is 13.5. The Morgan fingerprint density at radius 3 is 1.50 bits per heavy atom. The van der Waals surface area contributed by atoms with E-state index in [0.29, 0.717) is 11.8 Å². The fourth-order valence-corrected chi connectivity index (χ4v) is 5.89. The summed E-state index contributed by atoms with van der Waals surface area (Å²) in [7, 11) is 0. The molecule has 7 nitrogen and oxygen atoms in total. The van der Waals surface area contributed by atoms with E-state index in [-0.39, 0.29) is 30.7 Å². The van der Waals surface area contributed by atoms with Gasteiger partial charge in [0.05, 0.1) is 24.4 Å². The maximum absolute atomic E-state index is 6.68. The highest BCUT2D eigenvalue weighted by Gasteiger charge is 2.44. The van der Waals surface area contributed by atoms with Gasteiger partial charge in [-0.05, 0) is 87.0 Å². The summed E-state index contributed by atoms with van der Waals surface area (Å²) in [5, 5.41) is 8.52. The zero-order chi connectivity index (χ0) is 31.2. The first-order valence-electron chi connectivity index (χ1n) is 17.6. The van der Waals surface area contributed by atoms with Gasteiger partial charge in [-0.1, -0.05) is 77.6 Å². The molecule has 0 aromatic carbocycles. The molecule has 1 fully saturated rings. The maximum Gasteiger partial charge on any atom is 0.161 e. The molecule has 1 aliphatic heterocycles. The second kappa shape index (κ2) is 24.2. The van der Waals surface area contributed by atoms with Crippen LogP contribution in [-0.4, -0.2) is 55.2 Å². The van der Waals surface area contributed by atoms with E-state index in [1.54, 1.807) is 0 Å². The summed E-state index contributed by atoms with van der Waals surface area (Å²) in [5.74, 6) is 0.811. The van der Waals surface area contributed by atoms with Gasteiger partial charge in [0.25, 0.3) is 0 Å². The molecule has 2 N–H and O–H groups in total. The molecule has 0 aliphatic carbocycles. The highest BCUT2D eigenvalue weighted by Crippen LogP contribution is 2.39. The lowest BCUT2D eigenvalue weighted by Gasteiger charge is -2.47. The van der Waals surface area contributed by atoms with E-state index >= 15 is 0 Å². The SMILES string of the molecule is CC(C)=NNCCCCCCCCCC1O[C@H](OC(C)C)C(C)C(CCCCCCCCNN=C(C)C)[C@@H]1OC(C)C. The minimum absolute atomic E-state index is 0.118. The third kappa shape index (κ3) is 19.2. The number of nitrogens with one attached hydrogen (secondary N) is 2. The summed E-state index contributed by atoms with van der Waals surface area (Å²) in [4.78, 5) is 0. The van der Waals surface area contributed by atoms with Crippen LogP contribution >= 0.6 is 0 Å². The topological polar surface area (TPSA) is 76.5 Å². The Labute approximate surface area is 260 Å². The number of rotatable bonds is 25. The molecular weight excluding hydrogens is 524 g/mol. The maximum atomic E-state index is 6.68. The first kappa shape index (κ1) is 38.8. The monoisotopic (exact) mass is 595 g/mol. The fourth-order valence-electron chi connectivity index (χ4n) is 5.89. The molecular formula is C35H70N4O3. The molecule has 0 aromatic heterocycles. The predicted molar refractivity (Wildman–Crippen MR) is 180 cm³/mol. The van der Waals surface area contributed by atoms with Crippen LogP contribution in [0.2, 0.25) is 0 Å². The van der Waals surface area contributed by atoms with Crippen molar-refractivity contribution in [1.29, 1.82) is 0 Å². The molecule has 1 aliphatic rings. The van der Waals surface area contributed by atoms with Gasteiger partial charge >= 0.3 is 0 Å². The number of unbranched alkanes of at least 4 members (excludes halogenated alkanes) is 11. The Balaban J connectivity index is 2.51. The minimum Gasteiger partial charge on any atom is -0.373 e. The number of ether oxygens (including phenoxy) is 3. The summed E-state index contributed by atoms with van der Waals surface area (Å²) in [6.07, 6.45) is 19.2. The zero-order valence-electron chi connectivity index (χ0n) is 29.2. The van der Waals surface area contributed by atoms with E-state index in [2.05, 4.69) is 55.7 Å². The lowest BCUT2D eigenvalue weighted by atomic mass is 9.78. The summed E-state index contributed by atoms with van der Waals surface area (Å²) >= 11 is 0. The summed E-state index contributed by atoms with van der Waals surface area (Å²) < 4.78 is 19.6. The Bertz CT molecular complexity index is 704. The van der Waals surface area contributed by atoms with Crippen molar-refractivity contribution in [1.82, 2.24) is 10.9 Å². The summed E-state index contributed by atoms with van der Waals surface area (Å²) in [6.45, 7) is 21.0. The van der Waals surface area contributed by atoms with Crippen molar-refractivity contribution >= 4 is 11.4 Å². The summed E-state index contributed by atoms with van der Waals surface area (Å²) in [6, 6.07) is 0. The van der Waals surface area contributed by atoms with E-state index in [1.165, 1.54) is 89.9 Å². The number of nitrogens with zero attached hydrogens (tertiary/aromatic N) is 2. The molecule has 0 aromatic rings. The highest BCUT2D eigenvalue weighted by molar-refractivity contribution is 5.79. The van der Waals surface area contributed by atoms with Gasteiger partial charge in [0.2, 0.25) is 0 Å². The van der Waals surface area contributed by atoms with Crippen molar-refractivity contribution in [3.05, 3.63) is 0 Å². The molecule has 5 atom stereocenters. The van der Waals surface area contributed by atoms with Crippen molar-refractivity contribution < 1.29 is 14.2 Å². The van der Waals surface area contributed by atoms with Crippen LogP contribution in [0.15, 0.2) is 10.2 Å². The Hall–Kier alpha value is -1.18. The van der Waals surface area contributed by atoms with E-state index in [0.717, 1.165) is 30.9 Å². The van der Waals surface area contributed by atoms with E-state index in [4.69, 9.17) is 14.2 Å². The number of hydrogen-bond donors (Lipinski definition) is 2. The van der Waals surface area contributed by atoms with Gasteiger partial charge in [-0.25, -0.2) is 0 Å². The third-order valence-corrected chi connectivity index (χ3v) is 8.00. The van der Waals surface area contributed by atoms with Crippen LogP contribution in [0.25, 0.3) is 0 Å². The Morgan fingerprint density at radius 2 is 1.05 bits per heavy atom. The Kier molecular flexibility index (Phi) is 22.4. The highest BCUT2D eigenvalue weighted by atomic mass is 16.7. The van der Waals surface area contributed by atoms with Crippen LogP contribution in [0, 0.1) is 11.8 Å². The van der Waals surface area contributed by atoms with Crippen molar-refractivity contribution in [3.8, 4) is 0 Å². The van der Waals surface area contributed by atoms with Crippen LogP contribution in [0.5, 0.6) is 0 Å². The van der Waals surface area contributed by atoms with Crippen LogP contribution in [0.4, 0.5) is 0 Å². The second-order valence-electron chi connectivity index (χ2n) is 13.5. The Morgan fingerprint density at radius 1 is 0.619 bits per heavy atom. The zero-order valence-corrected chi connectivity index (χ0v) is 29.2. The first-order valence-corrected chi connectivity index (χ1v) is 17.6. The largest absolute Gasteiger partial charge is 0.373 e. The normalized spacial score (nSPS) is 22.4. The molecule has 3 unspecified atom stereocenters. The summed E-state index contributed by atoms with van der Waals surface area (Å²) in [5.41, 5.74) is 8.48. The van der Waals surface area contributed by atoms with Gasteiger partial charge in [-0.15, -0.1) is 0 Å². The van der Waals surface area contributed by atoms with Crippen LogP contribution in [-0.2, 0) is 14.2 Å². The molecule has 0 radical (unpaired) electrons. The van der Waals surface area contributed by atoms with Crippen molar-refractivity contribution in [2.24, 2.45) is 22.0 Å².